The van der Waals surface area contributed by atoms with E-state index in [0.29, 0.717) is 0 Å². The van der Waals surface area contributed by atoms with Crippen LogP contribution in [0.5, 0.6) is 0 Å². The number of amides is 2. The van der Waals surface area contributed by atoms with E-state index in [2.05, 4.69) is 20.9 Å². The zero-order valence-corrected chi connectivity index (χ0v) is 14.6. The molecule has 0 fully saturated rings. The lowest BCUT2D eigenvalue weighted by atomic mass is 10.1. The predicted molar refractivity (Wildman–Crippen MR) is 98.2 cm³/mol. The van der Waals surface area contributed by atoms with Gasteiger partial charge in [0, 0.05) is 5.69 Å². The van der Waals surface area contributed by atoms with Gasteiger partial charge in [-0.05, 0) is 37.1 Å². The molecule has 1 aromatic heterocycles. The highest BCUT2D eigenvalue weighted by Gasteiger charge is 2.13. The van der Waals surface area contributed by atoms with E-state index >= 15 is 0 Å². The van der Waals surface area contributed by atoms with Crippen molar-refractivity contribution >= 4 is 17.5 Å². The highest BCUT2D eigenvalue weighted by atomic mass is 16.2. The third kappa shape index (κ3) is 3.94. The van der Waals surface area contributed by atoms with Gasteiger partial charge in [0.1, 0.15) is 0 Å². The van der Waals surface area contributed by atoms with E-state index in [1.54, 1.807) is 0 Å². The van der Waals surface area contributed by atoms with Crippen LogP contribution in [0.2, 0.25) is 0 Å². The molecule has 0 atom stereocenters. The number of rotatable bonds is 5. The van der Waals surface area contributed by atoms with E-state index in [0.717, 1.165) is 22.5 Å². The van der Waals surface area contributed by atoms with Crippen molar-refractivity contribution in [2.45, 2.75) is 13.8 Å². The minimum atomic E-state index is -0.455. The van der Waals surface area contributed by atoms with Gasteiger partial charge in [-0.15, -0.1) is 5.10 Å². The molecule has 26 heavy (non-hydrogen) atoms. The number of hydrogen-bond acceptors (Lipinski definition) is 4. The number of aromatic nitrogens is 3. The largest absolute Gasteiger partial charge is 0.342 e. The van der Waals surface area contributed by atoms with Crippen molar-refractivity contribution in [3.8, 4) is 5.69 Å². The first kappa shape index (κ1) is 17.3. The number of nitrogens with one attached hydrogen (secondary N) is 2. The van der Waals surface area contributed by atoms with Crippen LogP contribution < -0.4 is 10.6 Å². The second-order valence-corrected chi connectivity index (χ2v) is 5.88. The van der Waals surface area contributed by atoms with Crippen LogP contribution in [0.15, 0.2) is 54.7 Å². The van der Waals surface area contributed by atoms with Crippen molar-refractivity contribution in [3.63, 3.8) is 0 Å². The van der Waals surface area contributed by atoms with E-state index < -0.39 is 5.91 Å². The number of carbonyl (C=O) groups is 2. The number of aryl methyl sites for hydroxylation is 2. The highest BCUT2D eigenvalue weighted by molar-refractivity contribution is 5.98. The Labute approximate surface area is 151 Å². The molecular weight excluding hydrogens is 330 g/mol. The van der Waals surface area contributed by atoms with Gasteiger partial charge in [-0.3, -0.25) is 9.59 Å². The van der Waals surface area contributed by atoms with E-state index in [-0.39, 0.29) is 18.1 Å². The summed E-state index contributed by atoms with van der Waals surface area (Å²) in [6.07, 6.45) is 1.52. The van der Waals surface area contributed by atoms with E-state index in [1.165, 1.54) is 10.9 Å². The van der Waals surface area contributed by atoms with Gasteiger partial charge in [-0.1, -0.05) is 41.6 Å². The number of anilines is 1. The minimum absolute atomic E-state index is 0.147. The van der Waals surface area contributed by atoms with Gasteiger partial charge in [-0.2, -0.15) is 0 Å². The van der Waals surface area contributed by atoms with Gasteiger partial charge in [0.15, 0.2) is 5.69 Å². The number of hydrogen-bond donors (Lipinski definition) is 2. The first-order chi connectivity index (χ1) is 12.5. The van der Waals surface area contributed by atoms with Crippen molar-refractivity contribution in [2.75, 3.05) is 11.9 Å². The standard InChI is InChI=1S/C19H19N5O2/c1-13-7-6-8-14(2)18(13)21-17(25)11-20-19(26)16-12-24(23-22-16)15-9-4-3-5-10-15/h3-10,12H,11H2,1-2H3,(H,20,26)(H,21,25). The predicted octanol–water partition coefficient (Wildman–Crippen LogP) is 2.25. The van der Waals surface area contributed by atoms with E-state index in [1.807, 2.05) is 62.4 Å². The molecule has 3 rings (SSSR count). The fourth-order valence-corrected chi connectivity index (χ4v) is 2.52. The molecule has 2 N–H and O–H groups in total. The average molecular weight is 349 g/mol. The molecule has 1 heterocycles. The summed E-state index contributed by atoms with van der Waals surface area (Å²) >= 11 is 0. The molecule has 0 spiro atoms. The quantitative estimate of drug-likeness (QED) is 0.739. The first-order valence-electron chi connectivity index (χ1n) is 8.16. The molecule has 0 bridgehead atoms. The molecule has 0 radical (unpaired) electrons. The molecule has 0 aliphatic rings. The van der Waals surface area contributed by atoms with Crippen molar-refractivity contribution in [1.29, 1.82) is 0 Å². The molecule has 0 aliphatic heterocycles. The van der Waals surface area contributed by atoms with Gasteiger partial charge in [0.25, 0.3) is 5.91 Å². The molecule has 7 nitrogen and oxygen atoms in total. The number of benzene rings is 2. The Morgan fingerprint density at radius 1 is 1.00 bits per heavy atom. The SMILES string of the molecule is Cc1cccc(C)c1NC(=O)CNC(=O)c1cn(-c2ccccc2)nn1. The van der Waals surface area contributed by atoms with Gasteiger partial charge in [-0.25, -0.2) is 4.68 Å². The molecule has 0 saturated carbocycles. The lowest BCUT2D eigenvalue weighted by Crippen LogP contribution is -2.33. The summed E-state index contributed by atoms with van der Waals surface area (Å²) in [7, 11) is 0. The summed E-state index contributed by atoms with van der Waals surface area (Å²) in [5, 5.41) is 13.2. The van der Waals surface area contributed by atoms with Gasteiger partial charge < -0.3 is 10.6 Å². The Balaban J connectivity index is 1.59. The second kappa shape index (κ2) is 7.60. The smallest absolute Gasteiger partial charge is 0.273 e. The summed E-state index contributed by atoms with van der Waals surface area (Å²) in [6, 6.07) is 15.1. The normalized spacial score (nSPS) is 10.4. The Bertz CT molecular complexity index is 914. The lowest BCUT2D eigenvalue weighted by molar-refractivity contribution is -0.115. The average Bonchev–Trinajstić information content (AvgIpc) is 3.14. The van der Waals surface area contributed by atoms with Crippen molar-refractivity contribution in [3.05, 3.63) is 71.5 Å². The van der Waals surface area contributed by atoms with Crippen molar-refractivity contribution in [2.24, 2.45) is 0 Å². The van der Waals surface area contributed by atoms with Crippen molar-refractivity contribution in [1.82, 2.24) is 20.3 Å². The minimum Gasteiger partial charge on any atom is -0.342 e. The second-order valence-electron chi connectivity index (χ2n) is 5.88. The fourth-order valence-electron chi connectivity index (χ4n) is 2.52. The van der Waals surface area contributed by atoms with Gasteiger partial charge >= 0.3 is 0 Å². The molecule has 3 aromatic rings. The maximum atomic E-state index is 12.2. The van der Waals surface area contributed by atoms with Crippen LogP contribution in [-0.2, 0) is 4.79 Å². The van der Waals surface area contributed by atoms with E-state index in [4.69, 9.17) is 0 Å². The third-order valence-electron chi connectivity index (χ3n) is 3.90. The van der Waals surface area contributed by atoms with Gasteiger partial charge in [0.2, 0.25) is 5.91 Å². The van der Waals surface area contributed by atoms with Crippen molar-refractivity contribution < 1.29 is 9.59 Å². The Kier molecular flexibility index (Phi) is 5.07. The molecule has 132 valence electrons. The molecule has 7 heteroatoms. The number of nitrogens with zero attached hydrogens (tertiary/aromatic N) is 3. The lowest BCUT2D eigenvalue weighted by Gasteiger charge is -2.11. The van der Waals surface area contributed by atoms with Crippen LogP contribution in [0.3, 0.4) is 0 Å². The molecular formula is C19H19N5O2. The highest BCUT2D eigenvalue weighted by Crippen LogP contribution is 2.19. The molecule has 0 saturated heterocycles. The Hall–Kier alpha value is -3.48. The first-order valence-corrected chi connectivity index (χ1v) is 8.16. The topological polar surface area (TPSA) is 88.9 Å². The Morgan fingerprint density at radius 2 is 1.69 bits per heavy atom. The summed E-state index contributed by atoms with van der Waals surface area (Å²) in [5.41, 5.74) is 3.65. The van der Waals surface area contributed by atoms with Crippen LogP contribution in [0.4, 0.5) is 5.69 Å². The summed E-state index contributed by atoms with van der Waals surface area (Å²) < 4.78 is 1.51. The monoisotopic (exact) mass is 349 g/mol. The van der Waals surface area contributed by atoms with Crippen LogP contribution in [-0.4, -0.2) is 33.4 Å². The fraction of sp³-hybridized carbons (Fsp3) is 0.158. The van der Waals surface area contributed by atoms with Crippen LogP contribution >= 0.6 is 0 Å². The van der Waals surface area contributed by atoms with E-state index in [9.17, 15) is 9.59 Å². The molecule has 0 unspecified atom stereocenters. The van der Waals surface area contributed by atoms with Gasteiger partial charge in [0.05, 0.1) is 18.4 Å². The van der Waals surface area contributed by atoms with Crippen LogP contribution in [0.1, 0.15) is 21.6 Å². The molecule has 2 aromatic carbocycles. The maximum Gasteiger partial charge on any atom is 0.273 e. The molecule has 0 aliphatic carbocycles. The van der Waals surface area contributed by atoms with Crippen LogP contribution in [0, 0.1) is 13.8 Å². The summed E-state index contributed by atoms with van der Waals surface area (Å²) in [6.45, 7) is 3.69. The number of para-hydroxylation sites is 2. The summed E-state index contributed by atoms with van der Waals surface area (Å²) in [4.78, 5) is 24.3. The Morgan fingerprint density at radius 3 is 2.38 bits per heavy atom. The third-order valence-corrected chi connectivity index (χ3v) is 3.90. The van der Waals surface area contributed by atoms with Crippen LogP contribution in [0.25, 0.3) is 5.69 Å². The molecule has 2 amide bonds. The maximum absolute atomic E-state index is 12.2. The summed E-state index contributed by atoms with van der Waals surface area (Å²) in [5.74, 6) is -0.755. The number of carbonyl (C=O) groups excluding carboxylic acids is 2. The zero-order valence-electron chi connectivity index (χ0n) is 14.6. The zero-order chi connectivity index (χ0) is 18.5.